The highest BCUT2D eigenvalue weighted by atomic mass is 32.2. The number of amides is 1. The highest BCUT2D eigenvalue weighted by molar-refractivity contribution is 7.91. The number of nitrogens with zero attached hydrogens (tertiary/aromatic N) is 2. The smallest absolute Gasteiger partial charge is 0.237 e. The summed E-state index contributed by atoms with van der Waals surface area (Å²) in [5.74, 6) is -0.355. The Kier molecular flexibility index (Phi) is 4.40. The van der Waals surface area contributed by atoms with Gasteiger partial charge >= 0.3 is 0 Å². The van der Waals surface area contributed by atoms with Crippen molar-refractivity contribution >= 4 is 15.7 Å². The van der Waals surface area contributed by atoms with E-state index in [0.29, 0.717) is 13.0 Å². The molecule has 1 aliphatic rings. The van der Waals surface area contributed by atoms with E-state index >= 15 is 0 Å². The standard InChI is InChI=1S/C14H16N2O3S/c15-9-8-14(17)16-10-4-5-12(16)11-20(18,19)13-6-2-1-3-7-13/h1-3,6-7,12H,4-5,8,10-11H2. The molecule has 0 spiro atoms. The summed E-state index contributed by atoms with van der Waals surface area (Å²) in [4.78, 5) is 13.6. The molecular formula is C14H16N2O3S. The van der Waals surface area contributed by atoms with Gasteiger partial charge in [-0.05, 0) is 25.0 Å². The fourth-order valence-corrected chi connectivity index (χ4v) is 4.10. The first kappa shape index (κ1) is 14.5. The lowest BCUT2D eigenvalue weighted by Crippen LogP contribution is -2.39. The molecule has 0 aliphatic carbocycles. The molecule has 1 unspecified atom stereocenters. The van der Waals surface area contributed by atoms with Gasteiger partial charge in [-0.3, -0.25) is 4.79 Å². The van der Waals surface area contributed by atoms with Gasteiger partial charge < -0.3 is 4.90 Å². The number of hydrogen-bond acceptors (Lipinski definition) is 4. The molecule has 0 bridgehead atoms. The highest BCUT2D eigenvalue weighted by Gasteiger charge is 2.32. The summed E-state index contributed by atoms with van der Waals surface area (Å²) in [6.45, 7) is 0.537. The Hall–Kier alpha value is -1.87. The highest BCUT2D eigenvalue weighted by Crippen LogP contribution is 2.22. The van der Waals surface area contributed by atoms with Crippen LogP contribution in [0.25, 0.3) is 0 Å². The Labute approximate surface area is 118 Å². The molecule has 1 aromatic rings. The molecule has 0 aromatic heterocycles. The van der Waals surface area contributed by atoms with Gasteiger partial charge in [0.2, 0.25) is 5.91 Å². The predicted octanol–water partition coefficient (Wildman–Crippen LogP) is 1.36. The SMILES string of the molecule is N#CCC(=O)N1CCCC1CS(=O)(=O)c1ccccc1. The van der Waals surface area contributed by atoms with Crippen LogP contribution in [-0.2, 0) is 14.6 Å². The topological polar surface area (TPSA) is 78.2 Å². The van der Waals surface area contributed by atoms with E-state index in [4.69, 9.17) is 5.26 Å². The molecule has 1 aromatic carbocycles. The summed E-state index contributed by atoms with van der Waals surface area (Å²) in [6.07, 6.45) is 1.26. The molecular weight excluding hydrogens is 276 g/mol. The van der Waals surface area contributed by atoms with E-state index in [9.17, 15) is 13.2 Å². The lowest BCUT2D eigenvalue weighted by Gasteiger charge is -2.23. The van der Waals surface area contributed by atoms with Crippen molar-refractivity contribution < 1.29 is 13.2 Å². The van der Waals surface area contributed by atoms with E-state index < -0.39 is 9.84 Å². The van der Waals surface area contributed by atoms with Gasteiger partial charge in [0.1, 0.15) is 6.42 Å². The van der Waals surface area contributed by atoms with Crippen LogP contribution in [0.1, 0.15) is 19.3 Å². The fourth-order valence-electron chi connectivity index (χ4n) is 2.48. The van der Waals surface area contributed by atoms with Gasteiger partial charge in [-0.15, -0.1) is 0 Å². The average molecular weight is 292 g/mol. The molecule has 1 saturated heterocycles. The summed E-state index contributed by atoms with van der Waals surface area (Å²) in [7, 11) is -3.40. The number of carbonyl (C=O) groups excluding carboxylic acids is 1. The molecule has 2 rings (SSSR count). The maximum atomic E-state index is 12.3. The molecule has 0 radical (unpaired) electrons. The fraction of sp³-hybridized carbons (Fsp3) is 0.429. The van der Waals surface area contributed by atoms with Crippen LogP contribution in [0.4, 0.5) is 0 Å². The van der Waals surface area contributed by atoms with Crippen molar-refractivity contribution in [3.05, 3.63) is 30.3 Å². The second-order valence-electron chi connectivity index (χ2n) is 4.81. The zero-order chi connectivity index (χ0) is 14.6. The van der Waals surface area contributed by atoms with E-state index in [1.807, 2.05) is 6.07 Å². The van der Waals surface area contributed by atoms with Gasteiger partial charge in [0, 0.05) is 12.6 Å². The molecule has 1 atom stereocenters. The number of benzene rings is 1. The number of likely N-dealkylation sites (tertiary alicyclic amines) is 1. The molecule has 1 heterocycles. The maximum absolute atomic E-state index is 12.3. The van der Waals surface area contributed by atoms with Gasteiger partial charge in [0.25, 0.3) is 0 Å². The first-order valence-electron chi connectivity index (χ1n) is 6.49. The van der Waals surface area contributed by atoms with E-state index in [2.05, 4.69) is 0 Å². The molecule has 0 saturated carbocycles. The zero-order valence-electron chi connectivity index (χ0n) is 11.0. The van der Waals surface area contributed by atoms with Crippen LogP contribution in [0.2, 0.25) is 0 Å². The molecule has 106 valence electrons. The second-order valence-corrected chi connectivity index (χ2v) is 6.85. The number of carbonyl (C=O) groups is 1. The number of nitriles is 1. The van der Waals surface area contributed by atoms with Crippen LogP contribution in [-0.4, -0.2) is 37.6 Å². The summed E-state index contributed by atoms with van der Waals surface area (Å²) in [6, 6.07) is 9.75. The molecule has 6 heteroatoms. The van der Waals surface area contributed by atoms with Crippen molar-refractivity contribution in [3.63, 3.8) is 0 Å². The van der Waals surface area contributed by atoms with Gasteiger partial charge in [-0.25, -0.2) is 8.42 Å². The van der Waals surface area contributed by atoms with Crippen molar-refractivity contribution in [1.29, 1.82) is 5.26 Å². The van der Waals surface area contributed by atoms with Crippen molar-refractivity contribution in [3.8, 4) is 6.07 Å². The third kappa shape index (κ3) is 3.17. The summed E-state index contributed by atoms with van der Waals surface area (Å²) in [5.41, 5.74) is 0. The normalized spacial score (nSPS) is 18.8. The molecule has 1 fully saturated rings. The minimum atomic E-state index is -3.40. The van der Waals surface area contributed by atoms with Crippen molar-refractivity contribution in [2.75, 3.05) is 12.3 Å². The largest absolute Gasteiger partial charge is 0.338 e. The maximum Gasteiger partial charge on any atom is 0.237 e. The Bertz CT molecular complexity index is 620. The molecule has 1 amide bonds. The van der Waals surface area contributed by atoms with Crippen LogP contribution >= 0.6 is 0 Å². The molecule has 20 heavy (non-hydrogen) atoms. The van der Waals surface area contributed by atoms with E-state index in [1.54, 1.807) is 30.3 Å². The summed E-state index contributed by atoms with van der Waals surface area (Å²) in [5, 5.41) is 8.58. The van der Waals surface area contributed by atoms with Crippen LogP contribution in [0.3, 0.4) is 0 Å². The molecule has 5 nitrogen and oxygen atoms in total. The quantitative estimate of drug-likeness (QED) is 0.839. The Morgan fingerprint density at radius 1 is 1.35 bits per heavy atom. The predicted molar refractivity (Wildman–Crippen MR) is 73.5 cm³/mol. The van der Waals surface area contributed by atoms with E-state index in [-0.39, 0.29) is 29.0 Å². The lowest BCUT2D eigenvalue weighted by molar-refractivity contribution is -0.130. The van der Waals surface area contributed by atoms with E-state index in [1.165, 1.54) is 4.90 Å². The van der Waals surface area contributed by atoms with Crippen molar-refractivity contribution in [2.24, 2.45) is 0 Å². The first-order valence-corrected chi connectivity index (χ1v) is 8.14. The average Bonchev–Trinajstić information content (AvgIpc) is 2.87. The lowest BCUT2D eigenvalue weighted by atomic mass is 10.2. The van der Waals surface area contributed by atoms with Gasteiger partial charge in [0.15, 0.2) is 9.84 Å². The first-order chi connectivity index (χ1) is 9.54. The second kappa shape index (κ2) is 6.06. The van der Waals surface area contributed by atoms with Crippen molar-refractivity contribution in [2.45, 2.75) is 30.2 Å². The van der Waals surface area contributed by atoms with Gasteiger partial charge in [-0.2, -0.15) is 5.26 Å². The van der Waals surface area contributed by atoms with Crippen LogP contribution in [0.15, 0.2) is 35.2 Å². The molecule has 0 N–H and O–H groups in total. The zero-order valence-corrected chi connectivity index (χ0v) is 11.8. The van der Waals surface area contributed by atoms with Gasteiger partial charge in [-0.1, -0.05) is 18.2 Å². The third-order valence-electron chi connectivity index (χ3n) is 3.44. The molecule has 1 aliphatic heterocycles. The number of sulfone groups is 1. The summed E-state index contributed by atoms with van der Waals surface area (Å²) < 4.78 is 24.6. The monoisotopic (exact) mass is 292 g/mol. The third-order valence-corrected chi connectivity index (χ3v) is 5.26. The minimum absolute atomic E-state index is 0.0752. The van der Waals surface area contributed by atoms with Gasteiger partial charge in [0.05, 0.1) is 16.7 Å². The Morgan fingerprint density at radius 3 is 2.70 bits per heavy atom. The number of rotatable bonds is 4. The van der Waals surface area contributed by atoms with Crippen LogP contribution in [0, 0.1) is 11.3 Å². The Balaban J connectivity index is 2.13. The van der Waals surface area contributed by atoms with E-state index in [0.717, 1.165) is 6.42 Å². The van der Waals surface area contributed by atoms with Crippen molar-refractivity contribution in [1.82, 2.24) is 4.90 Å². The van der Waals surface area contributed by atoms with Crippen LogP contribution in [0.5, 0.6) is 0 Å². The number of hydrogen-bond donors (Lipinski definition) is 0. The minimum Gasteiger partial charge on any atom is -0.338 e. The summed E-state index contributed by atoms with van der Waals surface area (Å²) >= 11 is 0. The Morgan fingerprint density at radius 2 is 2.05 bits per heavy atom. The van der Waals surface area contributed by atoms with Crippen LogP contribution < -0.4 is 0 Å².